The van der Waals surface area contributed by atoms with Gasteiger partial charge in [0.2, 0.25) is 5.91 Å². The van der Waals surface area contributed by atoms with Crippen LogP contribution < -0.4 is 5.32 Å². The minimum atomic E-state index is -1.47. The first-order valence-corrected chi connectivity index (χ1v) is 8.60. The lowest BCUT2D eigenvalue weighted by Crippen LogP contribution is -2.65. The van der Waals surface area contributed by atoms with Gasteiger partial charge in [0.25, 0.3) is 0 Å². The van der Waals surface area contributed by atoms with Gasteiger partial charge in [0.15, 0.2) is 6.04 Å². The van der Waals surface area contributed by atoms with Gasteiger partial charge in [-0.1, -0.05) is 60.7 Å². The van der Waals surface area contributed by atoms with Gasteiger partial charge < -0.3 is 20.4 Å². The largest absolute Gasteiger partial charge is 0.480 e. The van der Waals surface area contributed by atoms with Crippen molar-refractivity contribution in [1.82, 2.24) is 10.2 Å². The van der Waals surface area contributed by atoms with Crippen LogP contribution in [0.15, 0.2) is 60.7 Å². The number of nitrogens with zero attached hydrogens (tertiary/aromatic N) is 1. The number of benzene rings is 2. The Kier molecular flexibility index (Phi) is 5.52. The summed E-state index contributed by atoms with van der Waals surface area (Å²) in [5.41, 5.74) is 1.45. The fraction of sp³-hybridized carbons (Fsp3) is 0.250. The van der Waals surface area contributed by atoms with Gasteiger partial charge in [-0.2, -0.15) is 0 Å². The zero-order valence-electron chi connectivity index (χ0n) is 14.5. The molecular weight excluding hydrogens is 348 g/mol. The third-order valence-corrected chi connectivity index (χ3v) is 4.68. The molecule has 0 aromatic heterocycles. The number of piperazine rings is 1. The summed E-state index contributed by atoms with van der Waals surface area (Å²) >= 11 is 0. The van der Waals surface area contributed by atoms with Gasteiger partial charge in [0.05, 0.1) is 5.92 Å². The fourth-order valence-corrected chi connectivity index (χ4v) is 3.45. The van der Waals surface area contributed by atoms with E-state index in [1.807, 2.05) is 60.7 Å². The maximum atomic E-state index is 13.4. The van der Waals surface area contributed by atoms with E-state index in [-0.39, 0.29) is 13.1 Å². The summed E-state index contributed by atoms with van der Waals surface area (Å²) in [6, 6.07) is 15.3. The minimum Gasteiger partial charge on any atom is -0.480 e. The molecule has 3 rings (SSSR count). The van der Waals surface area contributed by atoms with E-state index in [1.165, 1.54) is 4.90 Å². The van der Waals surface area contributed by atoms with Crippen LogP contribution in [0.2, 0.25) is 0 Å². The molecule has 0 saturated carbocycles. The van der Waals surface area contributed by atoms with Crippen LogP contribution in [0.1, 0.15) is 17.0 Å². The molecule has 2 unspecified atom stereocenters. The van der Waals surface area contributed by atoms with Gasteiger partial charge in [-0.25, -0.2) is 4.79 Å². The first-order chi connectivity index (χ1) is 13.0. The Morgan fingerprint density at radius 1 is 0.889 bits per heavy atom. The van der Waals surface area contributed by atoms with Crippen molar-refractivity contribution in [3.05, 3.63) is 71.8 Å². The Morgan fingerprint density at radius 2 is 1.41 bits per heavy atom. The maximum absolute atomic E-state index is 13.4. The van der Waals surface area contributed by atoms with E-state index in [0.717, 1.165) is 11.1 Å². The second kappa shape index (κ2) is 8.01. The van der Waals surface area contributed by atoms with Crippen LogP contribution in [-0.4, -0.2) is 58.1 Å². The molecule has 0 spiro atoms. The number of rotatable bonds is 5. The van der Waals surface area contributed by atoms with Gasteiger partial charge in [-0.05, 0) is 11.1 Å². The van der Waals surface area contributed by atoms with Crippen LogP contribution >= 0.6 is 0 Å². The number of nitrogens with one attached hydrogen (secondary N) is 1. The second-order valence-electron chi connectivity index (χ2n) is 6.34. The summed E-state index contributed by atoms with van der Waals surface area (Å²) in [7, 11) is 0. The molecule has 7 heteroatoms. The Balaban J connectivity index is 2.03. The topological polar surface area (TPSA) is 107 Å². The highest BCUT2D eigenvalue weighted by Gasteiger charge is 2.45. The van der Waals surface area contributed by atoms with Crippen molar-refractivity contribution in [2.75, 3.05) is 13.1 Å². The van der Waals surface area contributed by atoms with Gasteiger partial charge in [-0.3, -0.25) is 9.59 Å². The van der Waals surface area contributed by atoms with E-state index in [4.69, 9.17) is 0 Å². The predicted molar refractivity (Wildman–Crippen MR) is 97.3 cm³/mol. The summed E-state index contributed by atoms with van der Waals surface area (Å²) in [5.74, 6) is -3.77. The summed E-state index contributed by atoms with van der Waals surface area (Å²) < 4.78 is 0. The Labute approximate surface area is 156 Å². The van der Waals surface area contributed by atoms with E-state index in [1.54, 1.807) is 0 Å². The number of hydrogen-bond donors (Lipinski definition) is 3. The summed E-state index contributed by atoms with van der Waals surface area (Å²) in [6.45, 7) is 0.332. The first kappa shape index (κ1) is 18.6. The van der Waals surface area contributed by atoms with Crippen LogP contribution in [0.5, 0.6) is 0 Å². The maximum Gasteiger partial charge on any atom is 0.328 e. The van der Waals surface area contributed by atoms with Crippen molar-refractivity contribution >= 4 is 17.8 Å². The molecule has 140 valence electrons. The quantitative estimate of drug-likeness (QED) is 0.731. The molecular formula is C20H20N2O5. The average molecular weight is 368 g/mol. The predicted octanol–water partition coefficient (Wildman–Crippen LogP) is 1.16. The highest BCUT2D eigenvalue weighted by molar-refractivity contribution is 5.94. The van der Waals surface area contributed by atoms with Crippen molar-refractivity contribution in [3.8, 4) is 0 Å². The Morgan fingerprint density at radius 3 is 1.85 bits per heavy atom. The molecule has 1 heterocycles. The Bertz CT molecular complexity index is 785. The van der Waals surface area contributed by atoms with Gasteiger partial charge in [0.1, 0.15) is 6.04 Å². The molecule has 1 amide bonds. The highest BCUT2D eigenvalue weighted by Crippen LogP contribution is 2.28. The molecule has 2 aromatic carbocycles. The highest BCUT2D eigenvalue weighted by atomic mass is 16.4. The van der Waals surface area contributed by atoms with Crippen LogP contribution in [0.25, 0.3) is 0 Å². The molecule has 0 bridgehead atoms. The third-order valence-electron chi connectivity index (χ3n) is 4.68. The number of carboxylic acids is 2. The molecule has 0 radical (unpaired) electrons. The van der Waals surface area contributed by atoms with Gasteiger partial charge >= 0.3 is 11.9 Å². The van der Waals surface area contributed by atoms with E-state index in [9.17, 15) is 24.6 Å². The first-order valence-electron chi connectivity index (χ1n) is 8.60. The monoisotopic (exact) mass is 368 g/mol. The number of carboxylic acid groups (broad SMARTS) is 2. The smallest absolute Gasteiger partial charge is 0.328 e. The summed E-state index contributed by atoms with van der Waals surface area (Å²) in [5, 5.41) is 21.6. The van der Waals surface area contributed by atoms with Crippen molar-refractivity contribution in [2.24, 2.45) is 0 Å². The van der Waals surface area contributed by atoms with Crippen molar-refractivity contribution in [1.29, 1.82) is 0 Å². The Hall–Kier alpha value is -3.19. The molecule has 3 N–H and O–H groups in total. The molecule has 2 atom stereocenters. The molecule has 1 saturated heterocycles. The van der Waals surface area contributed by atoms with E-state index >= 15 is 0 Å². The number of hydrogen-bond acceptors (Lipinski definition) is 4. The molecule has 27 heavy (non-hydrogen) atoms. The number of carbonyl (C=O) groups excluding carboxylic acids is 1. The lowest BCUT2D eigenvalue weighted by molar-refractivity contribution is -0.159. The lowest BCUT2D eigenvalue weighted by atomic mass is 9.88. The van der Waals surface area contributed by atoms with Crippen LogP contribution in [-0.2, 0) is 14.4 Å². The number of amides is 1. The summed E-state index contributed by atoms with van der Waals surface area (Å²) in [6.07, 6.45) is 0. The van der Waals surface area contributed by atoms with Crippen LogP contribution in [0.3, 0.4) is 0 Å². The number of aliphatic carboxylic acids is 2. The normalized spacial score (nSPS) is 19.7. The summed E-state index contributed by atoms with van der Waals surface area (Å²) in [4.78, 5) is 37.9. The molecule has 0 aliphatic carbocycles. The second-order valence-corrected chi connectivity index (χ2v) is 6.34. The molecule has 7 nitrogen and oxygen atoms in total. The fourth-order valence-electron chi connectivity index (χ4n) is 3.45. The zero-order valence-corrected chi connectivity index (χ0v) is 14.5. The van der Waals surface area contributed by atoms with Crippen LogP contribution in [0, 0.1) is 0 Å². The molecule has 1 fully saturated rings. The van der Waals surface area contributed by atoms with Crippen molar-refractivity contribution < 1.29 is 24.6 Å². The molecule has 1 aliphatic heterocycles. The van der Waals surface area contributed by atoms with Crippen LogP contribution in [0.4, 0.5) is 0 Å². The van der Waals surface area contributed by atoms with Gasteiger partial charge in [0, 0.05) is 13.1 Å². The standard InChI is InChI=1S/C20H20N2O5/c23-18(22-12-11-21-16(19(24)25)17(22)20(26)27)15(13-7-3-1-4-8-13)14-9-5-2-6-10-14/h1-10,15-17,21H,11-12H2,(H,24,25)(H,26,27). The SMILES string of the molecule is O=C(O)C1NCCN(C(=O)C(c2ccccc2)c2ccccc2)C1C(=O)O. The van der Waals surface area contributed by atoms with E-state index in [2.05, 4.69) is 5.32 Å². The third kappa shape index (κ3) is 3.83. The van der Waals surface area contributed by atoms with Gasteiger partial charge in [-0.15, -0.1) is 0 Å². The number of carbonyl (C=O) groups is 3. The average Bonchev–Trinajstić information content (AvgIpc) is 2.69. The van der Waals surface area contributed by atoms with Crippen molar-refractivity contribution in [2.45, 2.75) is 18.0 Å². The van der Waals surface area contributed by atoms with E-state index in [0.29, 0.717) is 0 Å². The minimum absolute atomic E-state index is 0.121. The lowest BCUT2D eigenvalue weighted by Gasteiger charge is -2.39. The van der Waals surface area contributed by atoms with Crippen molar-refractivity contribution in [3.63, 3.8) is 0 Å². The zero-order chi connectivity index (χ0) is 19.4. The van der Waals surface area contributed by atoms with E-state index < -0.39 is 35.8 Å². The molecule has 2 aromatic rings. The molecule has 1 aliphatic rings.